The summed E-state index contributed by atoms with van der Waals surface area (Å²) in [6.07, 6.45) is -1.11. The number of nitrogens with one attached hydrogen (secondary N) is 1. The Bertz CT molecular complexity index is 338. The van der Waals surface area contributed by atoms with Gasteiger partial charge in [0.1, 0.15) is 0 Å². The van der Waals surface area contributed by atoms with Crippen LogP contribution in [0.1, 0.15) is 19.4 Å². The molecule has 0 radical (unpaired) electrons. The average molecular weight is 237 g/mol. The molecule has 94 valence electrons. The van der Waals surface area contributed by atoms with Crippen molar-refractivity contribution in [3.63, 3.8) is 0 Å². The molecule has 1 aromatic rings. The summed E-state index contributed by atoms with van der Waals surface area (Å²) in [7, 11) is 0. The maximum Gasteiger partial charge on any atom is 0.251 e. The lowest BCUT2D eigenvalue weighted by Gasteiger charge is -2.13. The fraction of sp³-hybridized carbons (Fsp3) is 0.462. The predicted octanol–water partition coefficient (Wildman–Crippen LogP) is 1.09. The van der Waals surface area contributed by atoms with Gasteiger partial charge < -0.3 is 15.2 Å². The van der Waals surface area contributed by atoms with Gasteiger partial charge in [-0.2, -0.15) is 0 Å². The average Bonchev–Trinajstić information content (AvgIpc) is 2.29. The van der Waals surface area contributed by atoms with E-state index in [1.807, 2.05) is 44.2 Å². The zero-order valence-corrected chi connectivity index (χ0v) is 10.2. The lowest BCUT2D eigenvalue weighted by Crippen LogP contribution is -2.40. The summed E-state index contributed by atoms with van der Waals surface area (Å²) in [6, 6.07) is 9.64. The molecular formula is C13H19NO3. The molecule has 2 N–H and O–H groups in total. The van der Waals surface area contributed by atoms with E-state index in [0.29, 0.717) is 6.61 Å². The summed E-state index contributed by atoms with van der Waals surface area (Å²) >= 11 is 0. The second kappa shape index (κ2) is 7.04. The van der Waals surface area contributed by atoms with E-state index in [1.165, 1.54) is 0 Å². The van der Waals surface area contributed by atoms with Crippen LogP contribution in [-0.2, 0) is 16.1 Å². The van der Waals surface area contributed by atoms with Crippen molar-refractivity contribution in [3.05, 3.63) is 35.9 Å². The number of carbonyl (C=O) groups excluding carboxylic acids is 1. The van der Waals surface area contributed by atoms with Crippen LogP contribution in [0.4, 0.5) is 0 Å². The van der Waals surface area contributed by atoms with Crippen LogP contribution >= 0.6 is 0 Å². The van der Waals surface area contributed by atoms with Gasteiger partial charge in [-0.1, -0.05) is 30.3 Å². The van der Waals surface area contributed by atoms with Gasteiger partial charge in [0.2, 0.25) is 0 Å². The van der Waals surface area contributed by atoms with E-state index in [9.17, 15) is 9.90 Å². The molecule has 0 saturated carbocycles. The van der Waals surface area contributed by atoms with E-state index in [2.05, 4.69) is 5.32 Å². The summed E-state index contributed by atoms with van der Waals surface area (Å²) in [6.45, 7) is 4.09. The lowest BCUT2D eigenvalue weighted by molar-refractivity contribution is -0.133. The Kier molecular flexibility index (Phi) is 5.66. The van der Waals surface area contributed by atoms with Crippen molar-refractivity contribution in [2.75, 3.05) is 6.61 Å². The molecule has 0 heterocycles. The quantitative estimate of drug-likeness (QED) is 0.778. The van der Waals surface area contributed by atoms with Crippen LogP contribution < -0.4 is 5.32 Å². The van der Waals surface area contributed by atoms with Crippen LogP contribution in [0.25, 0.3) is 0 Å². The first kappa shape index (κ1) is 13.7. The normalized spacial score (nSPS) is 12.5. The van der Waals surface area contributed by atoms with Gasteiger partial charge >= 0.3 is 0 Å². The Morgan fingerprint density at radius 1 is 1.35 bits per heavy atom. The van der Waals surface area contributed by atoms with E-state index in [1.54, 1.807) is 0 Å². The van der Waals surface area contributed by atoms with Gasteiger partial charge in [-0.25, -0.2) is 0 Å². The van der Waals surface area contributed by atoms with Gasteiger partial charge in [0.25, 0.3) is 5.91 Å². The fourth-order valence-electron chi connectivity index (χ4n) is 1.32. The molecule has 0 saturated heterocycles. The Labute approximate surface area is 102 Å². The Balaban J connectivity index is 2.24. The number of carbonyl (C=O) groups is 1. The number of hydrogen-bond acceptors (Lipinski definition) is 3. The first-order valence-corrected chi connectivity index (χ1v) is 5.69. The zero-order chi connectivity index (χ0) is 12.7. The summed E-state index contributed by atoms with van der Waals surface area (Å²) in [4.78, 5) is 11.4. The molecule has 0 unspecified atom stereocenters. The highest BCUT2D eigenvalue weighted by Gasteiger charge is 2.15. The number of aliphatic hydroxyl groups excluding tert-OH is 1. The van der Waals surface area contributed by atoms with Crippen molar-refractivity contribution in [1.29, 1.82) is 0 Å². The summed E-state index contributed by atoms with van der Waals surface area (Å²) < 4.78 is 5.27. The van der Waals surface area contributed by atoms with Crippen molar-refractivity contribution in [1.82, 2.24) is 5.32 Å². The second-order valence-electron chi connectivity index (χ2n) is 4.18. The van der Waals surface area contributed by atoms with Gasteiger partial charge in [-0.3, -0.25) is 4.79 Å². The number of benzene rings is 1. The maximum atomic E-state index is 11.4. The van der Waals surface area contributed by atoms with E-state index in [0.717, 1.165) is 5.56 Å². The zero-order valence-electron chi connectivity index (χ0n) is 10.2. The molecule has 17 heavy (non-hydrogen) atoms. The number of rotatable bonds is 6. The molecule has 0 fully saturated rings. The number of aliphatic hydroxyl groups is 1. The number of amides is 1. The van der Waals surface area contributed by atoms with Crippen LogP contribution in [0.3, 0.4) is 0 Å². The third kappa shape index (κ3) is 5.47. The molecular weight excluding hydrogens is 218 g/mol. The van der Waals surface area contributed by atoms with Crippen LogP contribution in [0, 0.1) is 0 Å². The molecule has 0 aliphatic carbocycles. The topological polar surface area (TPSA) is 58.6 Å². The minimum Gasteiger partial charge on any atom is -0.381 e. The van der Waals surface area contributed by atoms with Crippen LogP contribution in [0.5, 0.6) is 0 Å². The predicted molar refractivity (Wildman–Crippen MR) is 65.4 cm³/mol. The first-order valence-electron chi connectivity index (χ1n) is 5.69. The maximum absolute atomic E-state index is 11.4. The standard InChI is InChI=1S/C13H19NO3/c1-10(2)14-13(16)12(15)9-17-8-11-6-4-3-5-7-11/h3-7,10,12,15H,8-9H2,1-2H3,(H,14,16)/t12-/m1/s1. The summed E-state index contributed by atoms with van der Waals surface area (Å²) in [5.74, 6) is -0.395. The Morgan fingerprint density at radius 3 is 2.59 bits per heavy atom. The molecule has 0 bridgehead atoms. The molecule has 1 rings (SSSR count). The van der Waals surface area contributed by atoms with Gasteiger partial charge in [-0.05, 0) is 19.4 Å². The van der Waals surface area contributed by atoms with Gasteiger partial charge in [0.05, 0.1) is 13.2 Å². The van der Waals surface area contributed by atoms with Crippen LogP contribution in [0.2, 0.25) is 0 Å². The van der Waals surface area contributed by atoms with Crippen molar-refractivity contribution in [2.45, 2.75) is 32.6 Å². The minimum absolute atomic E-state index is 0.00739. The molecule has 0 spiro atoms. The van der Waals surface area contributed by atoms with Gasteiger partial charge in [0, 0.05) is 6.04 Å². The summed E-state index contributed by atoms with van der Waals surface area (Å²) in [5.41, 5.74) is 1.02. The molecule has 4 heteroatoms. The first-order chi connectivity index (χ1) is 8.09. The van der Waals surface area contributed by atoms with E-state index in [4.69, 9.17) is 4.74 Å². The van der Waals surface area contributed by atoms with E-state index >= 15 is 0 Å². The second-order valence-corrected chi connectivity index (χ2v) is 4.18. The van der Waals surface area contributed by atoms with Gasteiger partial charge in [-0.15, -0.1) is 0 Å². The van der Waals surface area contributed by atoms with Crippen molar-refractivity contribution in [2.24, 2.45) is 0 Å². The fourth-order valence-corrected chi connectivity index (χ4v) is 1.32. The highest BCUT2D eigenvalue weighted by Crippen LogP contribution is 2.01. The molecule has 0 aliphatic heterocycles. The lowest BCUT2D eigenvalue weighted by atomic mass is 10.2. The number of ether oxygens (including phenoxy) is 1. The molecule has 4 nitrogen and oxygen atoms in total. The largest absolute Gasteiger partial charge is 0.381 e. The SMILES string of the molecule is CC(C)NC(=O)[C@H](O)COCc1ccccc1. The van der Waals surface area contributed by atoms with Crippen molar-refractivity contribution in [3.8, 4) is 0 Å². The minimum atomic E-state index is -1.11. The van der Waals surface area contributed by atoms with Crippen molar-refractivity contribution >= 4 is 5.91 Å². The van der Waals surface area contributed by atoms with E-state index < -0.39 is 12.0 Å². The number of hydrogen-bond donors (Lipinski definition) is 2. The monoisotopic (exact) mass is 237 g/mol. The third-order valence-electron chi connectivity index (χ3n) is 2.12. The highest BCUT2D eigenvalue weighted by atomic mass is 16.5. The van der Waals surface area contributed by atoms with Crippen molar-refractivity contribution < 1.29 is 14.6 Å². The van der Waals surface area contributed by atoms with Crippen LogP contribution in [-0.4, -0.2) is 29.8 Å². The Morgan fingerprint density at radius 2 is 2.00 bits per heavy atom. The third-order valence-corrected chi connectivity index (χ3v) is 2.12. The van der Waals surface area contributed by atoms with Crippen LogP contribution in [0.15, 0.2) is 30.3 Å². The smallest absolute Gasteiger partial charge is 0.251 e. The Hall–Kier alpha value is -1.39. The molecule has 1 aromatic carbocycles. The van der Waals surface area contributed by atoms with E-state index in [-0.39, 0.29) is 12.6 Å². The van der Waals surface area contributed by atoms with Gasteiger partial charge in [0.15, 0.2) is 6.10 Å². The molecule has 0 aliphatic rings. The summed E-state index contributed by atoms with van der Waals surface area (Å²) in [5, 5.41) is 12.1. The molecule has 1 atom stereocenters. The highest BCUT2D eigenvalue weighted by molar-refractivity contribution is 5.80. The molecule has 1 amide bonds. The molecule has 0 aromatic heterocycles.